The first kappa shape index (κ1) is 12.3. The molecule has 1 aliphatic rings. The third-order valence-corrected chi connectivity index (χ3v) is 2.78. The molecule has 1 atom stereocenters. The van der Waals surface area contributed by atoms with Gasteiger partial charge in [-0.1, -0.05) is 6.92 Å². The zero-order chi connectivity index (χ0) is 11.6. The van der Waals surface area contributed by atoms with Crippen molar-refractivity contribution < 1.29 is 18.0 Å². The summed E-state index contributed by atoms with van der Waals surface area (Å²) in [5.41, 5.74) is 0. The summed E-state index contributed by atoms with van der Waals surface area (Å²) in [5, 5.41) is 0. The lowest BCUT2D eigenvalue weighted by Gasteiger charge is -2.39. The molecule has 0 aromatic carbocycles. The number of carbonyl (C=O) groups is 1. The monoisotopic (exact) mass is 224 g/mol. The molecule has 0 radical (unpaired) electrons. The fourth-order valence-electron chi connectivity index (χ4n) is 1.75. The minimum absolute atomic E-state index is 0.0325. The van der Waals surface area contributed by atoms with Crippen molar-refractivity contribution in [1.82, 2.24) is 9.80 Å². The molecule has 1 rings (SSSR count). The maximum Gasteiger partial charge on any atom is 0.471 e. The molecule has 1 heterocycles. The van der Waals surface area contributed by atoms with E-state index in [1.54, 1.807) is 0 Å². The van der Waals surface area contributed by atoms with Gasteiger partial charge in [-0.15, -0.1) is 0 Å². The molecule has 1 fully saturated rings. The highest BCUT2D eigenvalue weighted by atomic mass is 19.4. The van der Waals surface area contributed by atoms with Gasteiger partial charge in [-0.2, -0.15) is 13.2 Å². The molecule has 0 aromatic heterocycles. The van der Waals surface area contributed by atoms with Crippen LogP contribution in [0.25, 0.3) is 0 Å². The van der Waals surface area contributed by atoms with Crippen molar-refractivity contribution in [2.75, 3.05) is 26.7 Å². The summed E-state index contributed by atoms with van der Waals surface area (Å²) in [6.07, 6.45) is -3.99. The minimum Gasteiger partial charge on any atom is -0.332 e. The van der Waals surface area contributed by atoms with Crippen molar-refractivity contribution in [2.24, 2.45) is 0 Å². The van der Waals surface area contributed by atoms with Gasteiger partial charge in [-0.05, 0) is 13.5 Å². The van der Waals surface area contributed by atoms with Crippen LogP contribution >= 0.6 is 0 Å². The van der Waals surface area contributed by atoms with Crippen LogP contribution in [0.5, 0.6) is 0 Å². The summed E-state index contributed by atoms with van der Waals surface area (Å²) < 4.78 is 36.5. The summed E-state index contributed by atoms with van der Waals surface area (Å²) >= 11 is 0. The van der Waals surface area contributed by atoms with Crippen LogP contribution in [-0.4, -0.2) is 54.6 Å². The van der Waals surface area contributed by atoms with Crippen molar-refractivity contribution in [3.05, 3.63) is 0 Å². The summed E-state index contributed by atoms with van der Waals surface area (Å²) in [6.45, 7) is 2.74. The second-order valence-electron chi connectivity index (χ2n) is 3.79. The number of alkyl halides is 3. The van der Waals surface area contributed by atoms with Crippen LogP contribution in [0, 0.1) is 0 Å². The predicted octanol–water partition coefficient (Wildman–Crippen LogP) is 1.10. The summed E-state index contributed by atoms with van der Waals surface area (Å²) in [4.78, 5) is 13.9. The third kappa shape index (κ3) is 2.84. The standard InChI is InChI=1S/C9H15F3N2O/c1-3-7-6-14(5-4-13(7)2)8(15)9(10,11)12/h7H,3-6H2,1-2H3. The normalized spacial score (nSPS) is 24.3. The van der Waals surface area contributed by atoms with Gasteiger partial charge in [-0.25, -0.2) is 0 Å². The largest absolute Gasteiger partial charge is 0.471 e. The lowest BCUT2D eigenvalue weighted by atomic mass is 10.1. The molecule has 0 aromatic rings. The van der Waals surface area contributed by atoms with Crippen molar-refractivity contribution in [3.63, 3.8) is 0 Å². The second kappa shape index (κ2) is 4.38. The summed E-state index contributed by atoms with van der Waals surface area (Å²) in [5.74, 6) is -1.71. The second-order valence-corrected chi connectivity index (χ2v) is 3.79. The molecule has 6 heteroatoms. The molecular weight excluding hydrogens is 209 g/mol. The van der Waals surface area contributed by atoms with Crippen LogP contribution in [0.3, 0.4) is 0 Å². The number of likely N-dealkylation sites (N-methyl/N-ethyl adjacent to an activating group) is 1. The average molecular weight is 224 g/mol. The Morgan fingerprint density at radius 3 is 2.47 bits per heavy atom. The number of hydrogen-bond donors (Lipinski definition) is 0. The Morgan fingerprint density at radius 2 is 2.00 bits per heavy atom. The Labute approximate surface area is 86.8 Å². The number of nitrogens with zero attached hydrogens (tertiary/aromatic N) is 2. The van der Waals surface area contributed by atoms with Crippen molar-refractivity contribution in [2.45, 2.75) is 25.6 Å². The Hall–Kier alpha value is -0.780. The van der Waals surface area contributed by atoms with Gasteiger partial charge in [0.05, 0.1) is 0 Å². The van der Waals surface area contributed by atoms with Gasteiger partial charge in [0.25, 0.3) is 0 Å². The first-order chi connectivity index (χ1) is 6.86. The fourth-order valence-corrected chi connectivity index (χ4v) is 1.75. The molecule has 0 spiro atoms. The third-order valence-electron chi connectivity index (χ3n) is 2.78. The number of piperazine rings is 1. The predicted molar refractivity (Wildman–Crippen MR) is 49.3 cm³/mol. The summed E-state index contributed by atoms with van der Waals surface area (Å²) in [6, 6.07) is 0.0325. The van der Waals surface area contributed by atoms with Crippen LogP contribution in [0.2, 0.25) is 0 Å². The maximum atomic E-state index is 12.2. The molecular formula is C9H15F3N2O. The molecule has 1 amide bonds. The zero-order valence-corrected chi connectivity index (χ0v) is 8.84. The molecule has 0 saturated carbocycles. The van der Waals surface area contributed by atoms with Crippen molar-refractivity contribution >= 4 is 5.91 Å². The summed E-state index contributed by atoms with van der Waals surface area (Å²) in [7, 11) is 1.86. The van der Waals surface area contributed by atoms with Gasteiger partial charge in [0, 0.05) is 25.7 Å². The smallest absolute Gasteiger partial charge is 0.332 e. The molecule has 1 aliphatic heterocycles. The van der Waals surface area contributed by atoms with Crippen LogP contribution < -0.4 is 0 Å². The van der Waals surface area contributed by atoms with E-state index in [0.29, 0.717) is 6.54 Å². The van der Waals surface area contributed by atoms with Gasteiger partial charge in [-0.3, -0.25) is 9.69 Å². The van der Waals surface area contributed by atoms with Gasteiger partial charge in [0.2, 0.25) is 0 Å². The molecule has 88 valence electrons. The van der Waals surface area contributed by atoms with Gasteiger partial charge >= 0.3 is 12.1 Å². The number of amides is 1. The van der Waals surface area contributed by atoms with E-state index < -0.39 is 12.1 Å². The number of rotatable bonds is 1. The minimum atomic E-state index is -4.74. The van der Waals surface area contributed by atoms with Gasteiger partial charge in [0.15, 0.2) is 0 Å². The van der Waals surface area contributed by atoms with E-state index >= 15 is 0 Å². The Morgan fingerprint density at radius 1 is 1.40 bits per heavy atom. The van der Waals surface area contributed by atoms with E-state index in [9.17, 15) is 18.0 Å². The van der Waals surface area contributed by atoms with Crippen LogP contribution in [0.1, 0.15) is 13.3 Å². The van der Waals surface area contributed by atoms with Crippen LogP contribution in [0.4, 0.5) is 13.2 Å². The molecule has 1 saturated heterocycles. The molecule has 0 bridgehead atoms. The van der Waals surface area contributed by atoms with E-state index in [1.807, 2.05) is 18.9 Å². The van der Waals surface area contributed by atoms with E-state index in [4.69, 9.17) is 0 Å². The van der Waals surface area contributed by atoms with Gasteiger partial charge in [0.1, 0.15) is 0 Å². The first-order valence-corrected chi connectivity index (χ1v) is 4.92. The van der Waals surface area contributed by atoms with E-state index in [1.165, 1.54) is 0 Å². The molecule has 0 N–H and O–H groups in total. The highest BCUT2D eigenvalue weighted by molar-refractivity contribution is 5.82. The number of halogens is 3. The molecule has 1 unspecified atom stereocenters. The lowest BCUT2D eigenvalue weighted by molar-refractivity contribution is -0.187. The topological polar surface area (TPSA) is 23.6 Å². The highest BCUT2D eigenvalue weighted by Crippen LogP contribution is 2.21. The fraction of sp³-hybridized carbons (Fsp3) is 0.889. The zero-order valence-electron chi connectivity index (χ0n) is 8.84. The van der Waals surface area contributed by atoms with Crippen molar-refractivity contribution in [3.8, 4) is 0 Å². The SMILES string of the molecule is CCC1CN(C(=O)C(F)(F)F)CCN1C. The number of carbonyl (C=O) groups excluding carboxylic acids is 1. The Bertz CT molecular complexity index is 242. The van der Waals surface area contributed by atoms with Gasteiger partial charge < -0.3 is 4.90 Å². The lowest BCUT2D eigenvalue weighted by Crippen LogP contribution is -2.55. The average Bonchev–Trinajstić information content (AvgIpc) is 2.16. The molecule has 0 aliphatic carbocycles. The van der Waals surface area contributed by atoms with E-state index in [-0.39, 0.29) is 19.1 Å². The van der Waals surface area contributed by atoms with E-state index in [0.717, 1.165) is 11.3 Å². The maximum absolute atomic E-state index is 12.2. The van der Waals surface area contributed by atoms with Crippen LogP contribution in [-0.2, 0) is 4.79 Å². The Balaban J connectivity index is 2.62. The molecule has 3 nitrogen and oxygen atoms in total. The molecule has 15 heavy (non-hydrogen) atoms. The Kier molecular flexibility index (Phi) is 3.59. The quantitative estimate of drug-likeness (QED) is 0.666. The van der Waals surface area contributed by atoms with E-state index in [2.05, 4.69) is 0 Å². The van der Waals surface area contributed by atoms with Crippen molar-refractivity contribution in [1.29, 1.82) is 0 Å². The highest BCUT2D eigenvalue weighted by Gasteiger charge is 2.43. The first-order valence-electron chi connectivity index (χ1n) is 4.92. The number of hydrogen-bond acceptors (Lipinski definition) is 2. The van der Waals surface area contributed by atoms with Crippen LogP contribution in [0.15, 0.2) is 0 Å².